The lowest BCUT2D eigenvalue weighted by Gasteiger charge is -2.25. The number of allylic oxidation sites excluding steroid dienone is 1. The quantitative estimate of drug-likeness (QED) is 0.411. The summed E-state index contributed by atoms with van der Waals surface area (Å²) < 4.78 is 0. The third-order valence-corrected chi connectivity index (χ3v) is 2.75. The second kappa shape index (κ2) is 2.53. The van der Waals surface area contributed by atoms with Crippen LogP contribution in [0.4, 0.5) is 0 Å². The lowest BCUT2D eigenvalue weighted by atomic mass is 9.89. The van der Waals surface area contributed by atoms with E-state index in [1.807, 2.05) is 12.2 Å². The largest absolute Gasteiger partial charge is 0.363 e. The summed E-state index contributed by atoms with van der Waals surface area (Å²) in [4.78, 5) is 4.50. The Morgan fingerprint density at radius 1 is 1.42 bits per heavy atom. The van der Waals surface area contributed by atoms with Crippen LogP contribution in [-0.2, 0) is 4.84 Å². The van der Waals surface area contributed by atoms with E-state index in [1.54, 1.807) is 7.05 Å². The third kappa shape index (κ3) is 1.08. The van der Waals surface area contributed by atoms with Crippen molar-refractivity contribution in [2.24, 2.45) is 5.92 Å². The van der Waals surface area contributed by atoms with Gasteiger partial charge < -0.3 is 5.11 Å². The van der Waals surface area contributed by atoms with Crippen LogP contribution in [0.15, 0.2) is 12.2 Å². The fraction of sp³-hybridized carbons (Fsp3) is 0.750. The predicted octanol–water partition coefficient (Wildman–Crippen LogP) is 0.421. The van der Waals surface area contributed by atoms with Gasteiger partial charge in [0.2, 0.25) is 6.29 Å². The van der Waals surface area contributed by atoms with Crippen LogP contribution in [0.5, 0.6) is 0 Å². The molecule has 4 heteroatoms. The molecule has 1 aliphatic carbocycles. The van der Waals surface area contributed by atoms with Gasteiger partial charge in [-0.25, -0.2) is 0 Å². The Morgan fingerprint density at radius 2 is 2.08 bits per heavy atom. The fourth-order valence-electron chi connectivity index (χ4n) is 2.05. The van der Waals surface area contributed by atoms with Crippen LogP contribution < -0.4 is 0 Å². The molecule has 0 bridgehead atoms. The Morgan fingerprint density at radius 3 is 2.75 bits per heavy atom. The molecule has 2 rings (SSSR count). The number of hydroxylamine groups is 4. The highest BCUT2D eigenvalue weighted by Gasteiger charge is 2.53. The first-order valence-corrected chi connectivity index (χ1v) is 4.21. The molecule has 4 unspecified atom stereocenters. The van der Waals surface area contributed by atoms with Gasteiger partial charge in [-0.15, -0.1) is 4.84 Å². The van der Waals surface area contributed by atoms with E-state index >= 15 is 0 Å². The standard InChI is InChI=1S/C8H14NO3/c1-9(11)7-5-3-2-4-6(7)8(10)12-9/h2-3,6-8,10-11H,4-5H2,1H3/q+1. The first-order chi connectivity index (χ1) is 5.61. The van der Waals surface area contributed by atoms with Gasteiger partial charge in [0.1, 0.15) is 7.05 Å². The highest BCUT2D eigenvalue weighted by molar-refractivity contribution is 4.96. The van der Waals surface area contributed by atoms with Gasteiger partial charge in [-0.05, 0) is 11.2 Å². The van der Waals surface area contributed by atoms with Crippen molar-refractivity contribution < 1.29 is 20.0 Å². The highest BCUT2D eigenvalue weighted by atomic mass is 17.0. The SMILES string of the molecule is C[N+]1(O)OC(O)C2CC=CCC21. The van der Waals surface area contributed by atoms with Crippen molar-refractivity contribution >= 4 is 0 Å². The fourth-order valence-corrected chi connectivity index (χ4v) is 2.05. The van der Waals surface area contributed by atoms with Crippen LogP contribution in [0.3, 0.4) is 0 Å². The highest BCUT2D eigenvalue weighted by Crippen LogP contribution is 2.37. The lowest BCUT2D eigenvalue weighted by molar-refractivity contribution is -1.24. The van der Waals surface area contributed by atoms with Gasteiger partial charge >= 0.3 is 0 Å². The van der Waals surface area contributed by atoms with Crippen molar-refractivity contribution in [3.63, 3.8) is 0 Å². The number of aliphatic hydroxyl groups is 1. The maximum atomic E-state index is 9.68. The van der Waals surface area contributed by atoms with Gasteiger partial charge in [-0.2, -0.15) is 5.21 Å². The Hall–Kier alpha value is -0.420. The topological polar surface area (TPSA) is 49.7 Å². The summed E-state index contributed by atoms with van der Waals surface area (Å²) in [6.07, 6.45) is 4.79. The summed E-state index contributed by atoms with van der Waals surface area (Å²) >= 11 is 0. The Labute approximate surface area is 71.2 Å². The monoisotopic (exact) mass is 172 g/mol. The Bertz CT molecular complexity index is 214. The second-order valence-corrected chi connectivity index (χ2v) is 3.61. The van der Waals surface area contributed by atoms with Gasteiger partial charge in [0.15, 0.2) is 6.04 Å². The van der Waals surface area contributed by atoms with Crippen molar-refractivity contribution in [3.8, 4) is 0 Å². The normalized spacial score (nSPS) is 52.4. The third-order valence-electron chi connectivity index (χ3n) is 2.75. The summed E-state index contributed by atoms with van der Waals surface area (Å²) in [6.45, 7) is 0. The molecule has 0 spiro atoms. The lowest BCUT2D eigenvalue weighted by Crippen LogP contribution is -2.45. The first-order valence-electron chi connectivity index (χ1n) is 4.21. The molecule has 1 aliphatic heterocycles. The van der Waals surface area contributed by atoms with E-state index in [0.717, 1.165) is 12.8 Å². The molecule has 2 N–H and O–H groups in total. The van der Waals surface area contributed by atoms with E-state index in [9.17, 15) is 10.3 Å². The summed E-state index contributed by atoms with van der Waals surface area (Å²) in [5, 5.41) is 19.1. The molecule has 4 atom stereocenters. The number of hydrogen-bond acceptors (Lipinski definition) is 3. The van der Waals surface area contributed by atoms with Crippen molar-refractivity contribution in [3.05, 3.63) is 12.2 Å². The minimum Gasteiger partial charge on any atom is -0.363 e. The zero-order valence-corrected chi connectivity index (χ0v) is 7.05. The molecule has 1 heterocycles. The number of quaternary nitrogens is 1. The molecule has 12 heavy (non-hydrogen) atoms. The summed E-state index contributed by atoms with van der Waals surface area (Å²) in [7, 11) is 1.56. The summed E-state index contributed by atoms with van der Waals surface area (Å²) in [6, 6.07) is -0.00926. The van der Waals surface area contributed by atoms with Gasteiger partial charge in [0, 0.05) is 6.42 Å². The number of nitrogens with zero attached hydrogens (tertiary/aromatic N) is 1. The number of rotatable bonds is 0. The van der Waals surface area contributed by atoms with Crippen LogP contribution in [0.2, 0.25) is 0 Å². The molecule has 1 saturated heterocycles. The van der Waals surface area contributed by atoms with E-state index in [0.29, 0.717) is 0 Å². The molecular weight excluding hydrogens is 158 g/mol. The van der Waals surface area contributed by atoms with E-state index in [2.05, 4.69) is 0 Å². The van der Waals surface area contributed by atoms with Gasteiger partial charge in [-0.3, -0.25) is 0 Å². The molecule has 0 radical (unpaired) electrons. The summed E-state index contributed by atoms with van der Waals surface area (Å²) in [5.41, 5.74) is 0. The van der Waals surface area contributed by atoms with Crippen LogP contribution >= 0.6 is 0 Å². The molecule has 1 fully saturated rings. The average molecular weight is 172 g/mol. The van der Waals surface area contributed by atoms with Crippen molar-refractivity contribution in [2.75, 3.05) is 7.05 Å². The second-order valence-electron chi connectivity index (χ2n) is 3.61. The molecule has 68 valence electrons. The zero-order chi connectivity index (χ0) is 8.77. The van der Waals surface area contributed by atoms with Crippen molar-refractivity contribution in [2.45, 2.75) is 25.2 Å². The molecule has 0 aromatic carbocycles. The first kappa shape index (κ1) is 8.19. The van der Waals surface area contributed by atoms with Gasteiger partial charge in [-0.1, -0.05) is 12.2 Å². The molecular formula is C8H14NO3+. The molecule has 0 aromatic heterocycles. The average Bonchev–Trinajstić information content (AvgIpc) is 2.25. The van der Waals surface area contributed by atoms with E-state index in [1.165, 1.54) is 0 Å². The summed E-state index contributed by atoms with van der Waals surface area (Å²) in [5.74, 6) is 0.0463. The Kier molecular flexibility index (Phi) is 1.73. The molecule has 0 amide bonds. The molecule has 0 saturated carbocycles. The number of fused-ring (bicyclic) bond motifs is 1. The van der Waals surface area contributed by atoms with E-state index in [-0.39, 0.29) is 12.0 Å². The predicted molar refractivity (Wildman–Crippen MR) is 40.7 cm³/mol. The minimum absolute atomic E-state index is 0.00926. The van der Waals surface area contributed by atoms with Crippen LogP contribution in [0, 0.1) is 5.92 Å². The van der Waals surface area contributed by atoms with Crippen LogP contribution in [0.25, 0.3) is 0 Å². The molecule has 2 aliphatic rings. The zero-order valence-electron chi connectivity index (χ0n) is 7.05. The van der Waals surface area contributed by atoms with Crippen molar-refractivity contribution in [1.82, 2.24) is 0 Å². The molecule has 0 aromatic rings. The smallest absolute Gasteiger partial charge is 0.226 e. The van der Waals surface area contributed by atoms with Gasteiger partial charge in [0.25, 0.3) is 0 Å². The van der Waals surface area contributed by atoms with Crippen LogP contribution in [-0.4, -0.2) is 34.5 Å². The minimum atomic E-state index is -0.824. The number of aliphatic hydroxyl groups excluding tert-OH is 1. The van der Waals surface area contributed by atoms with E-state index in [4.69, 9.17) is 4.84 Å². The van der Waals surface area contributed by atoms with Gasteiger partial charge in [0.05, 0.1) is 5.92 Å². The van der Waals surface area contributed by atoms with Crippen LogP contribution in [0.1, 0.15) is 12.8 Å². The number of hydrogen-bond donors (Lipinski definition) is 2. The van der Waals surface area contributed by atoms with Crippen molar-refractivity contribution in [1.29, 1.82) is 0 Å². The maximum absolute atomic E-state index is 9.68. The van der Waals surface area contributed by atoms with E-state index < -0.39 is 11.1 Å². The molecule has 4 nitrogen and oxygen atoms in total. The maximum Gasteiger partial charge on any atom is 0.226 e. The Balaban J connectivity index is 2.23.